The van der Waals surface area contributed by atoms with Crippen LogP contribution in [0.2, 0.25) is 0 Å². The molecule has 0 aromatic carbocycles. The van der Waals surface area contributed by atoms with Gasteiger partial charge in [0.2, 0.25) is 0 Å². The second-order valence-electron chi connectivity index (χ2n) is 14.2. The minimum Gasteiger partial charge on any atom is -0.354 e. The van der Waals surface area contributed by atoms with Crippen LogP contribution in [0.25, 0.3) is 0 Å². The number of hydrogen-bond acceptors (Lipinski definition) is 4. The maximum Gasteiger partial charge on any atom is 0.0143 e. The summed E-state index contributed by atoms with van der Waals surface area (Å²) in [5.74, 6) is 4.00. The van der Waals surface area contributed by atoms with Gasteiger partial charge in [-0.05, 0) is 129 Å². The van der Waals surface area contributed by atoms with Gasteiger partial charge in [-0.1, -0.05) is 53.4 Å². The molecule has 1 aliphatic carbocycles. The molecule has 4 aliphatic rings. The third-order valence-corrected chi connectivity index (χ3v) is 9.44. The van der Waals surface area contributed by atoms with Crippen molar-refractivity contribution in [2.24, 2.45) is 30.7 Å². The third-order valence-electron chi connectivity index (χ3n) is 9.44. The minimum absolute atomic E-state index is 0.978. The van der Waals surface area contributed by atoms with Crippen molar-refractivity contribution in [3.8, 4) is 0 Å². The molecule has 0 bridgehead atoms. The molecule has 40 heavy (non-hydrogen) atoms. The molecular weight excluding hydrogens is 490 g/mol. The number of likely N-dealkylation sites (tertiary alicyclic amines) is 2. The quantitative estimate of drug-likeness (QED) is 0.338. The minimum atomic E-state index is 0.978. The Bertz CT molecular complexity index is 575. The number of piperidine rings is 2. The van der Waals surface area contributed by atoms with Crippen molar-refractivity contribution < 1.29 is 0 Å². The van der Waals surface area contributed by atoms with E-state index in [-0.39, 0.29) is 0 Å². The normalized spacial score (nSPS) is 25.7. The first kappa shape index (κ1) is 37.1. The molecule has 0 unspecified atom stereocenters. The van der Waals surface area contributed by atoms with Crippen LogP contribution in [-0.2, 0) is 7.05 Å². The number of likely N-dealkylation sites (N-methyl/N-ethyl adjacent to an activating group) is 2. The van der Waals surface area contributed by atoms with Crippen molar-refractivity contribution in [3.63, 3.8) is 0 Å². The summed E-state index contributed by atoms with van der Waals surface area (Å²) in [6.07, 6.45) is 13.6. The topological polar surface area (TPSA) is 17.9 Å². The molecule has 1 aromatic heterocycles. The highest BCUT2D eigenvalue weighted by atomic mass is 15.2. The molecule has 5 nitrogen and oxygen atoms in total. The van der Waals surface area contributed by atoms with Gasteiger partial charge in [-0.25, -0.2) is 0 Å². The second kappa shape index (κ2) is 20.9. The van der Waals surface area contributed by atoms with Crippen LogP contribution in [0.3, 0.4) is 0 Å². The monoisotopic (exact) mass is 562 g/mol. The Morgan fingerprint density at radius 1 is 0.450 bits per heavy atom. The molecule has 0 spiro atoms. The van der Waals surface area contributed by atoms with E-state index in [0.29, 0.717) is 0 Å². The molecule has 0 radical (unpaired) electrons. The van der Waals surface area contributed by atoms with Crippen molar-refractivity contribution in [3.05, 3.63) is 23.5 Å². The van der Waals surface area contributed by atoms with Crippen molar-refractivity contribution in [2.75, 3.05) is 80.5 Å². The number of aryl methyl sites for hydroxylation is 3. The van der Waals surface area contributed by atoms with Crippen LogP contribution in [0, 0.1) is 37.5 Å². The van der Waals surface area contributed by atoms with Gasteiger partial charge in [-0.3, -0.25) is 0 Å². The van der Waals surface area contributed by atoms with E-state index >= 15 is 0 Å². The number of hydrogen-bond donors (Lipinski definition) is 0. The summed E-state index contributed by atoms with van der Waals surface area (Å²) < 4.78 is 2.12. The second-order valence-corrected chi connectivity index (χ2v) is 14.2. The molecule has 4 fully saturated rings. The third kappa shape index (κ3) is 18.5. The van der Waals surface area contributed by atoms with E-state index in [1.165, 1.54) is 115 Å². The van der Waals surface area contributed by atoms with Gasteiger partial charge in [0.05, 0.1) is 0 Å². The molecule has 5 rings (SSSR count). The van der Waals surface area contributed by atoms with Crippen LogP contribution >= 0.6 is 0 Å². The molecule has 4 heterocycles. The fraction of sp³-hybridized carbons (Fsp3) is 0.886. The Kier molecular flexibility index (Phi) is 19.4. The standard InChI is InChI=1S/C8H16.C7H11N.2C7H15N.C6H14N2/c1-7-3-5-8(2)6-4-7;1-6-4-7(2)8(3)5-6;3*1-7-3-5-8(2)6-4-7/h7-8H,3-6H2,1-2H3;4-5H,1-3H3;2*7H,3-6H2,1-2H3;3-6H2,1-2H3. The first-order valence-electron chi connectivity index (χ1n) is 16.7. The Hall–Kier alpha value is -0.880. The zero-order valence-electron chi connectivity index (χ0n) is 29.0. The summed E-state index contributed by atoms with van der Waals surface area (Å²) in [6.45, 7) is 23.8. The Morgan fingerprint density at radius 2 is 0.725 bits per heavy atom. The van der Waals surface area contributed by atoms with Gasteiger partial charge < -0.3 is 24.2 Å². The van der Waals surface area contributed by atoms with E-state index in [2.05, 4.69) is 113 Å². The van der Waals surface area contributed by atoms with Gasteiger partial charge in [0.15, 0.2) is 0 Å². The zero-order chi connectivity index (χ0) is 30.1. The van der Waals surface area contributed by atoms with E-state index in [9.17, 15) is 0 Å². The summed E-state index contributed by atoms with van der Waals surface area (Å²) in [5.41, 5.74) is 2.66. The van der Waals surface area contributed by atoms with Crippen LogP contribution in [0.1, 0.15) is 90.3 Å². The molecule has 0 atom stereocenters. The van der Waals surface area contributed by atoms with Gasteiger partial charge in [0, 0.05) is 45.1 Å². The molecule has 0 N–H and O–H groups in total. The first-order chi connectivity index (χ1) is 18.8. The zero-order valence-corrected chi connectivity index (χ0v) is 29.0. The lowest BCUT2D eigenvalue weighted by molar-refractivity contribution is 0.181. The van der Waals surface area contributed by atoms with Crippen LogP contribution in [0.4, 0.5) is 0 Å². The largest absolute Gasteiger partial charge is 0.354 e. The summed E-state index contributed by atoms with van der Waals surface area (Å²) in [5, 5.41) is 0. The van der Waals surface area contributed by atoms with Gasteiger partial charge in [-0.2, -0.15) is 0 Å². The maximum absolute atomic E-state index is 2.40. The highest BCUT2D eigenvalue weighted by Gasteiger charge is 2.13. The fourth-order valence-corrected chi connectivity index (χ4v) is 5.48. The van der Waals surface area contributed by atoms with Crippen molar-refractivity contribution in [1.82, 2.24) is 24.2 Å². The first-order valence-corrected chi connectivity index (χ1v) is 16.7. The van der Waals surface area contributed by atoms with Crippen molar-refractivity contribution in [2.45, 2.75) is 92.9 Å². The maximum atomic E-state index is 2.40. The highest BCUT2D eigenvalue weighted by Crippen LogP contribution is 2.27. The molecular formula is C35H71N5. The van der Waals surface area contributed by atoms with Crippen LogP contribution in [-0.4, -0.2) is 105 Å². The lowest BCUT2D eigenvalue weighted by Gasteiger charge is -2.28. The van der Waals surface area contributed by atoms with Crippen LogP contribution in [0.5, 0.6) is 0 Å². The van der Waals surface area contributed by atoms with Gasteiger partial charge in [0.1, 0.15) is 0 Å². The predicted molar refractivity (Wildman–Crippen MR) is 178 cm³/mol. The molecule has 3 saturated heterocycles. The van der Waals surface area contributed by atoms with Gasteiger partial charge in [0.25, 0.3) is 0 Å². The Balaban J connectivity index is 0.000000250. The SMILES string of the molecule is CC1CCC(C)CC1.CC1CCN(C)CC1.CC1CCN(C)CC1.CN1CCN(C)CC1.Cc1cc(C)n(C)c1. The molecule has 0 amide bonds. The van der Waals surface area contributed by atoms with E-state index in [0.717, 1.165) is 23.7 Å². The lowest BCUT2D eigenvalue weighted by Crippen LogP contribution is -2.42. The smallest absolute Gasteiger partial charge is 0.0143 e. The van der Waals surface area contributed by atoms with Crippen molar-refractivity contribution >= 4 is 0 Å². The highest BCUT2D eigenvalue weighted by molar-refractivity contribution is 5.14. The summed E-state index contributed by atoms with van der Waals surface area (Å²) in [7, 11) is 10.8. The van der Waals surface area contributed by atoms with E-state index < -0.39 is 0 Å². The molecule has 236 valence electrons. The number of rotatable bonds is 0. The summed E-state index contributed by atoms with van der Waals surface area (Å²) >= 11 is 0. The predicted octanol–water partition coefficient (Wildman–Crippen LogP) is 7.03. The number of piperazine rings is 1. The number of aromatic nitrogens is 1. The van der Waals surface area contributed by atoms with Crippen LogP contribution < -0.4 is 0 Å². The fourth-order valence-electron chi connectivity index (χ4n) is 5.48. The average molecular weight is 562 g/mol. The van der Waals surface area contributed by atoms with Gasteiger partial charge in [-0.15, -0.1) is 0 Å². The molecule has 5 heteroatoms. The Morgan fingerprint density at radius 3 is 0.925 bits per heavy atom. The van der Waals surface area contributed by atoms with Gasteiger partial charge >= 0.3 is 0 Å². The molecule has 3 aliphatic heterocycles. The lowest BCUT2D eigenvalue weighted by atomic mass is 9.84. The van der Waals surface area contributed by atoms with E-state index in [1.807, 2.05) is 0 Å². The summed E-state index contributed by atoms with van der Waals surface area (Å²) in [4.78, 5) is 9.53. The van der Waals surface area contributed by atoms with E-state index in [4.69, 9.17) is 0 Å². The van der Waals surface area contributed by atoms with Crippen LogP contribution in [0.15, 0.2) is 12.3 Å². The summed E-state index contributed by atoms with van der Waals surface area (Å²) in [6, 6.07) is 2.17. The Labute approximate surface area is 251 Å². The molecule has 1 saturated carbocycles. The van der Waals surface area contributed by atoms with Crippen molar-refractivity contribution in [1.29, 1.82) is 0 Å². The average Bonchev–Trinajstić information content (AvgIpc) is 3.22. The van der Waals surface area contributed by atoms with E-state index in [1.54, 1.807) is 0 Å². The molecule has 1 aromatic rings. The number of nitrogens with zero attached hydrogens (tertiary/aromatic N) is 5.